The number of aryl methyl sites for hydroxylation is 1. The summed E-state index contributed by atoms with van der Waals surface area (Å²) in [6, 6.07) is 18.4. The zero-order valence-corrected chi connectivity index (χ0v) is 16.6. The zero-order chi connectivity index (χ0) is 20.8. The van der Waals surface area contributed by atoms with Gasteiger partial charge in [0.15, 0.2) is 0 Å². The highest BCUT2D eigenvalue weighted by Crippen LogP contribution is 2.21. The Hall–Kier alpha value is -3.74. The number of amides is 2. The van der Waals surface area contributed by atoms with Crippen LogP contribution in [0.3, 0.4) is 0 Å². The first-order valence-electron chi connectivity index (χ1n) is 9.33. The molecular formula is C22H23N5O2. The highest BCUT2D eigenvalue weighted by Gasteiger charge is 2.19. The average Bonchev–Trinajstić information content (AvgIpc) is 2.68. The van der Waals surface area contributed by atoms with Gasteiger partial charge >= 0.3 is 0 Å². The van der Waals surface area contributed by atoms with E-state index in [0.29, 0.717) is 29.6 Å². The van der Waals surface area contributed by atoms with Crippen LogP contribution in [0.2, 0.25) is 0 Å². The molecule has 7 nitrogen and oxygen atoms in total. The van der Waals surface area contributed by atoms with Gasteiger partial charge in [-0.2, -0.15) is 0 Å². The van der Waals surface area contributed by atoms with Crippen LogP contribution in [0.25, 0.3) is 0 Å². The summed E-state index contributed by atoms with van der Waals surface area (Å²) < 4.78 is 0. The number of nitrogens with one attached hydrogen (secondary N) is 2. The number of carbonyl (C=O) groups excluding carboxylic acids is 2. The summed E-state index contributed by atoms with van der Waals surface area (Å²) in [5.74, 6) is 0.651. The van der Waals surface area contributed by atoms with Crippen molar-refractivity contribution >= 4 is 34.7 Å². The summed E-state index contributed by atoms with van der Waals surface area (Å²) in [6.45, 7) is 5.64. The van der Waals surface area contributed by atoms with Crippen molar-refractivity contribution in [1.29, 1.82) is 0 Å². The fraction of sp³-hybridized carbons (Fsp3) is 0.182. The molecule has 0 atom stereocenters. The lowest BCUT2D eigenvalue weighted by atomic mass is 10.2. The molecule has 0 saturated carbocycles. The summed E-state index contributed by atoms with van der Waals surface area (Å²) in [5.41, 5.74) is 2.53. The van der Waals surface area contributed by atoms with E-state index < -0.39 is 0 Å². The highest BCUT2D eigenvalue weighted by atomic mass is 16.2. The van der Waals surface area contributed by atoms with Crippen molar-refractivity contribution in [1.82, 2.24) is 9.97 Å². The van der Waals surface area contributed by atoms with Gasteiger partial charge in [0.2, 0.25) is 5.91 Å². The van der Waals surface area contributed by atoms with E-state index in [1.165, 1.54) is 6.92 Å². The lowest BCUT2D eigenvalue weighted by molar-refractivity contribution is -0.114. The molecule has 0 bridgehead atoms. The molecule has 0 spiro atoms. The van der Waals surface area contributed by atoms with E-state index in [4.69, 9.17) is 0 Å². The minimum atomic E-state index is -0.195. The van der Waals surface area contributed by atoms with E-state index in [2.05, 4.69) is 20.6 Å². The van der Waals surface area contributed by atoms with Crippen molar-refractivity contribution in [2.24, 2.45) is 0 Å². The van der Waals surface area contributed by atoms with Crippen LogP contribution < -0.4 is 15.5 Å². The molecule has 2 aromatic carbocycles. The maximum Gasteiger partial charge on any atom is 0.277 e. The van der Waals surface area contributed by atoms with Crippen molar-refractivity contribution in [2.45, 2.75) is 20.8 Å². The molecule has 0 radical (unpaired) electrons. The number of anilines is 4. The molecule has 1 heterocycles. The van der Waals surface area contributed by atoms with Gasteiger partial charge in [-0.05, 0) is 44.2 Å². The second-order valence-corrected chi connectivity index (χ2v) is 6.46. The van der Waals surface area contributed by atoms with Gasteiger partial charge in [-0.1, -0.05) is 24.3 Å². The fourth-order valence-electron chi connectivity index (χ4n) is 2.96. The Labute approximate surface area is 169 Å². The molecule has 0 aliphatic carbocycles. The molecule has 0 unspecified atom stereocenters. The second kappa shape index (κ2) is 8.97. The van der Waals surface area contributed by atoms with Gasteiger partial charge in [-0.25, -0.2) is 9.97 Å². The van der Waals surface area contributed by atoms with Gasteiger partial charge in [-0.15, -0.1) is 0 Å². The number of hydrogen-bond acceptors (Lipinski definition) is 5. The number of para-hydroxylation sites is 1. The van der Waals surface area contributed by atoms with Crippen LogP contribution in [0.5, 0.6) is 0 Å². The third kappa shape index (κ3) is 5.16. The largest absolute Gasteiger partial charge is 0.340 e. The molecule has 7 heteroatoms. The van der Waals surface area contributed by atoms with Gasteiger partial charge in [-0.3, -0.25) is 9.59 Å². The predicted molar refractivity (Wildman–Crippen MR) is 115 cm³/mol. The van der Waals surface area contributed by atoms with Crippen LogP contribution in [0, 0.1) is 6.92 Å². The van der Waals surface area contributed by atoms with Crippen LogP contribution in [-0.4, -0.2) is 28.3 Å². The third-order valence-electron chi connectivity index (χ3n) is 4.14. The Morgan fingerprint density at radius 2 is 1.69 bits per heavy atom. The molecule has 29 heavy (non-hydrogen) atoms. The lowest BCUT2D eigenvalue weighted by Crippen LogP contribution is -2.31. The zero-order valence-electron chi connectivity index (χ0n) is 16.6. The Morgan fingerprint density at radius 3 is 2.38 bits per heavy atom. The van der Waals surface area contributed by atoms with E-state index in [-0.39, 0.29) is 11.8 Å². The third-order valence-corrected chi connectivity index (χ3v) is 4.14. The maximum absolute atomic E-state index is 13.1. The summed E-state index contributed by atoms with van der Waals surface area (Å²) in [6.07, 6.45) is 0. The summed E-state index contributed by atoms with van der Waals surface area (Å²) in [4.78, 5) is 34.7. The molecule has 148 valence electrons. The van der Waals surface area contributed by atoms with Gasteiger partial charge in [0.25, 0.3) is 5.91 Å². The molecule has 3 rings (SSSR count). The van der Waals surface area contributed by atoms with E-state index in [0.717, 1.165) is 11.4 Å². The SMILES string of the molecule is CCN(C(=O)c1cc(Nc2cccc(NC(C)=O)c2)nc(C)n1)c1ccccc1. The van der Waals surface area contributed by atoms with Crippen LogP contribution in [-0.2, 0) is 4.79 Å². The molecule has 0 saturated heterocycles. The van der Waals surface area contributed by atoms with Gasteiger partial charge in [0, 0.05) is 36.6 Å². The number of benzene rings is 2. The van der Waals surface area contributed by atoms with Crippen molar-refractivity contribution in [3.05, 3.63) is 72.2 Å². The Kier molecular flexibility index (Phi) is 6.19. The van der Waals surface area contributed by atoms with E-state index in [9.17, 15) is 9.59 Å². The first kappa shape index (κ1) is 20.0. The minimum absolute atomic E-state index is 0.145. The van der Waals surface area contributed by atoms with Crippen LogP contribution in [0.15, 0.2) is 60.7 Å². The van der Waals surface area contributed by atoms with E-state index >= 15 is 0 Å². The summed E-state index contributed by atoms with van der Waals surface area (Å²) in [7, 11) is 0. The topological polar surface area (TPSA) is 87.2 Å². The summed E-state index contributed by atoms with van der Waals surface area (Å²) in [5, 5.41) is 5.92. The Bertz CT molecular complexity index is 1020. The van der Waals surface area contributed by atoms with Crippen molar-refractivity contribution in [2.75, 3.05) is 22.1 Å². The molecule has 2 N–H and O–H groups in total. The monoisotopic (exact) mass is 389 g/mol. The van der Waals surface area contributed by atoms with Crippen molar-refractivity contribution in [3.63, 3.8) is 0 Å². The molecule has 1 aromatic heterocycles. The second-order valence-electron chi connectivity index (χ2n) is 6.46. The lowest BCUT2D eigenvalue weighted by Gasteiger charge is -2.21. The fourth-order valence-corrected chi connectivity index (χ4v) is 2.96. The number of rotatable bonds is 6. The van der Waals surface area contributed by atoms with E-state index in [1.807, 2.05) is 49.4 Å². The quantitative estimate of drug-likeness (QED) is 0.661. The number of hydrogen-bond donors (Lipinski definition) is 2. The first-order chi connectivity index (χ1) is 14.0. The normalized spacial score (nSPS) is 10.3. The standard InChI is InChI=1S/C22H23N5O2/c1-4-27(19-11-6-5-7-12-19)22(29)20-14-21(24-15(2)23-20)26-18-10-8-9-17(13-18)25-16(3)28/h5-14H,4H2,1-3H3,(H,25,28)(H,23,24,26). The van der Waals surface area contributed by atoms with Gasteiger partial charge in [0.05, 0.1) is 0 Å². The molecule has 2 amide bonds. The van der Waals surface area contributed by atoms with Crippen molar-refractivity contribution < 1.29 is 9.59 Å². The molecule has 0 fully saturated rings. The van der Waals surface area contributed by atoms with Crippen LogP contribution >= 0.6 is 0 Å². The van der Waals surface area contributed by atoms with Crippen molar-refractivity contribution in [3.8, 4) is 0 Å². The number of carbonyl (C=O) groups is 2. The predicted octanol–water partition coefficient (Wildman–Crippen LogP) is 4.15. The van der Waals surface area contributed by atoms with Crippen LogP contribution in [0.1, 0.15) is 30.2 Å². The molecular weight excluding hydrogens is 366 g/mol. The summed E-state index contributed by atoms with van der Waals surface area (Å²) >= 11 is 0. The van der Waals surface area contributed by atoms with E-state index in [1.54, 1.807) is 30.0 Å². The molecule has 3 aromatic rings. The van der Waals surface area contributed by atoms with Crippen LogP contribution in [0.4, 0.5) is 22.9 Å². The Balaban J connectivity index is 1.86. The molecule has 0 aliphatic heterocycles. The molecule has 0 aliphatic rings. The smallest absolute Gasteiger partial charge is 0.277 e. The Morgan fingerprint density at radius 1 is 0.966 bits per heavy atom. The average molecular weight is 389 g/mol. The maximum atomic E-state index is 13.1. The first-order valence-corrected chi connectivity index (χ1v) is 9.33. The van der Waals surface area contributed by atoms with Gasteiger partial charge in [0.1, 0.15) is 17.3 Å². The van der Waals surface area contributed by atoms with Gasteiger partial charge < -0.3 is 15.5 Å². The number of nitrogens with zero attached hydrogens (tertiary/aromatic N) is 3. The number of aromatic nitrogens is 2. The minimum Gasteiger partial charge on any atom is -0.340 e. The highest BCUT2D eigenvalue weighted by molar-refractivity contribution is 6.05.